The van der Waals surface area contributed by atoms with Crippen LogP contribution in [0.1, 0.15) is 19.9 Å². The van der Waals surface area contributed by atoms with Crippen LogP contribution in [0.25, 0.3) is 22.2 Å². The van der Waals surface area contributed by atoms with E-state index in [0.29, 0.717) is 17.2 Å². The van der Waals surface area contributed by atoms with E-state index >= 15 is 0 Å². The predicted octanol–water partition coefficient (Wildman–Crippen LogP) is 1.94. The average molecular weight is 486 g/mol. The minimum Gasteiger partial charge on any atom is -0.354 e. The molecule has 3 N–H and O–H groups in total. The van der Waals surface area contributed by atoms with Crippen molar-refractivity contribution in [2.75, 3.05) is 48.3 Å². The number of nitrogens with one attached hydrogen (secondary N) is 3. The third-order valence-electron chi connectivity index (χ3n) is 6.98. The number of rotatable bonds is 4. The fourth-order valence-electron chi connectivity index (χ4n) is 4.91. The Morgan fingerprint density at radius 1 is 1.17 bits per heavy atom. The summed E-state index contributed by atoms with van der Waals surface area (Å²) in [7, 11) is 1.85. The maximum Gasteiger partial charge on any atom is 0.255 e. The minimum absolute atomic E-state index is 0.192. The number of H-pyrrole nitrogens is 1. The number of hydrogen-bond acceptors (Lipinski definition) is 9. The molecule has 1 aromatic carbocycles. The number of piperazine rings is 1. The fourth-order valence-corrected chi connectivity index (χ4v) is 4.91. The van der Waals surface area contributed by atoms with Gasteiger partial charge in [0.15, 0.2) is 0 Å². The number of amides is 1. The molecule has 5 heterocycles. The van der Waals surface area contributed by atoms with Crippen LogP contribution in [0.15, 0.2) is 47.8 Å². The summed E-state index contributed by atoms with van der Waals surface area (Å²) in [6.07, 6.45) is 1.82. The average Bonchev–Trinajstić information content (AvgIpc) is 3.56. The number of tetrazole rings is 1. The highest BCUT2D eigenvalue weighted by Crippen LogP contribution is 2.34. The van der Waals surface area contributed by atoms with E-state index in [2.05, 4.69) is 52.3 Å². The molecular weight excluding hydrogens is 458 g/mol. The highest BCUT2D eigenvalue weighted by molar-refractivity contribution is 6.07. The number of carbonyl (C=O) groups is 1. The van der Waals surface area contributed by atoms with Crippen molar-refractivity contribution < 1.29 is 4.79 Å². The Bertz CT molecular complexity index is 1480. The van der Waals surface area contributed by atoms with Crippen LogP contribution in [0.5, 0.6) is 0 Å². The van der Waals surface area contributed by atoms with Gasteiger partial charge in [0.1, 0.15) is 11.5 Å². The van der Waals surface area contributed by atoms with E-state index in [1.54, 1.807) is 4.68 Å². The molecule has 36 heavy (non-hydrogen) atoms. The van der Waals surface area contributed by atoms with Crippen molar-refractivity contribution >= 4 is 34.3 Å². The van der Waals surface area contributed by atoms with E-state index in [4.69, 9.17) is 0 Å². The van der Waals surface area contributed by atoms with E-state index < -0.39 is 0 Å². The zero-order valence-electron chi connectivity index (χ0n) is 20.4. The van der Waals surface area contributed by atoms with Gasteiger partial charge in [-0.3, -0.25) is 9.89 Å². The number of anilines is 3. The summed E-state index contributed by atoms with van der Waals surface area (Å²) in [4.78, 5) is 22.1. The van der Waals surface area contributed by atoms with Crippen LogP contribution in [0.4, 0.5) is 17.5 Å². The van der Waals surface area contributed by atoms with E-state index in [0.717, 1.165) is 59.9 Å². The Labute approximate surface area is 207 Å². The topological polar surface area (TPSA) is 133 Å². The van der Waals surface area contributed by atoms with Gasteiger partial charge in [-0.2, -0.15) is 5.10 Å². The van der Waals surface area contributed by atoms with E-state index in [9.17, 15) is 4.79 Å². The van der Waals surface area contributed by atoms with Crippen molar-refractivity contribution in [1.82, 2.24) is 40.7 Å². The van der Waals surface area contributed by atoms with Gasteiger partial charge in [0.2, 0.25) is 5.95 Å². The van der Waals surface area contributed by atoms with Crippen LogP contribution >= 0.6 is 0 Å². The molecule has 0 saturated carbocycles. The Morgan fingerprint density at radius 2 is 2.00 bits per heavy atom. The molecular formula is C24H27N11O. The van der Waals surface area contributed by atoms with Crippen molar-refractivity contribution in [1.29, 1.82) is 0 Å². The quantitative estimate of drug-likeness (QED) is 0.397. The van der Waals surface area contributed by atoms with Gasteiger partial charge in [-0.1, -0.05) is 5.10 Å². The molecule has 3 aromatic heterocycles. The number of nitrogens with zero attached hydrogens (tertiary/aromatic N) is 8. The molecule has 12 heteroatoms. The third-order valence-corrected chi connectivity index (χ3v) is 6.98. The van der Waals surface area contributed by atoms with Crippen molar-refractivity contribution in [3.8, 4) is 11.3 Å². The molecule has 1 fully saturated rings. The van der Waals surface area contributed by atoms with Gasteiger partial charge in [0.25, 0.3) is 5.91 Å². The summed E-state index contributed by atoms with van der Waals surface area (Å²) >= 11 is 0. The lowest BCUT2D eigenvalue weighted by molar-refractivity contribution is -0.113. The molecule has 0 radical (unpaired) electrons. The van der Waals surface area contributed by atoms with Crippen LogP contribution in [0.2, 0.25) is 0 Å². The second kappa shape index (κ2) is 8.72. The van der Waals surface area contributed by atoms with Gasteiger partial charge in [-0.05, 0) is 54.6 Å². The van der Waals surface area contributed by atoms with Crippen LogP contribution in [-0.4, -0.2) is 74.5 Å². The molecule has 12 nitrogen and oxygen atoms in total. The van der Waals surface area contributed by atoms with Crippen LogP contribution < -0.4 is 20.4 Å². The molecule has 2 aliphatic heterocycles. The van der Waals surface area contributed by atoms with E-state index in [1.165, 1.54) is 0 Å². The fraction of sp³-hybridized carbons (Fsp3) is 0.333. The van der Waals surface area contributed by atoms with Crippen LogP contribution in [0.3, 0.4) is 0 Å². The highest BCUT2D eigenvalue weighted by Gasteiger charge is 2.32. The molecule has 0 bridgehead atoms. The summed E-state index contributed by atoms with van der Waals surface area (Å²) in [5, 5.41) is 26.9. The second-order valence-electron chi connectivity index (χ2n) is 9.08. The molecule has 184 valence electrons. The molecule has 1 atom stereocenters. The Morgan fingerprint density at radius 3 is 2.83 bits per heavy atom. The predicted molar refractivity (Wildman–Crippen MR) is 137 cm³/mol. The molecule has 0 aliphatic carbocycles. The molecule has 0 spiro atoms. The van der Waals surface area contributed by atoms with Gasteiger partial charge in [0, 0.05) is 61.8 Å². The Balaban J connectivity index is 1.30. The first kappa shape index (κ1) is 22.2. The number of pyridine rings is 1. The number of hydrogen-bond donors (Lipinski definition) is 3. The molecule has 0 unspecified atom stereocenters. The second-order valence-corrected chi connectivity index (χ2v) is 9.08. The highest BCUT2D eigenvalue weighted by atomic mass is 16.1. The lowest BCUT2D eigenvalue weighted by Gasteiger charge is -2.30. The van der Waals surface area contributed by atoms with Crippen molar-refractivity contribution in [3.63, 3.8) is 0 Å². The van der Waals surface area contributed by atoms with Crippen molar-refractivity contribution in [3.05, 3.63) is 47.8 Å². The van der Waals surface area contributed by atoms with Crippen molar-refractivity contribution in [2.24, 2.45) is 0 Å². The molecule has 4 aromatic rings. The van der Waals surface area contributed by atoms with Gasteiger partial charge >= 0.3 is 0 Å². The molecule has 1 saturated heterocycles. The Kier molecular flexibility index (Phi) is 5.37. The van der Waals surface area contributed by atoms with Gasteiger partial charge < -0.3 is 20.4 Å². The van der Waals surface area contributed by atoms with E-state index in [1.807, 2.05) is 56.3 Å². The normalized spacial score (nSPS) is 18.0. The molecule has 2 aliphatic rings. The third kappa shape index (κ3) is 3.66. The largest absolute Gasteiger partial charge is 0.354 e. The number of carbonyl (C=O) groups excluding carboxylic acids is 1. The number of fused-ring (bicyclic) bond motifs is 2. The summed E-state index contributed by atoms with van der Waals surface area (Å²) in [6, 6.07) is 9.49. The number of aromatic amines is 1. The lowest BCUT2D eigenvalue weighted by atomic mass is 10.0. The van der Waals surface area contributed by atoms with E-state index in [-0.39, 0.29) is 11.9 Å². The monoisotopic (exact) mass is 485 g/mol. The first-order valence-electron chi connectivity index (χ1n) is 11.9. The lowest BCUT2D eigenvalue weighted by Crippen LogP contribution is -2.43. The van der Waals surface area contributed by atoms with Crippen molar-refractivity contribution in [2.45, 2.75) is 19.9 Å². The van der Waals surface area contributed by atoms with Crippen LogP contribution in [-0.2, 0) is 4.79 Å². The summed E-state index contributed by atoms with van der Waals surface area (Å²) in [6.45, 7) is 7.55. The van der Waals surface area contributed by atoms with Gasteiger partial charge in [0.05, 0.1) is 17.1 Å². The summed E-state index contributed by atoms with van der Waals surface area (Å²) < 4.78 is 1.65. The van der Waals surface area contributed by atoms with Gasteiger partial charge in [-0.25, -0.2) is 9.67 Å². The minimum atomic E-state index is -0.292. The van der Waals surface area contributed by atoms with Crippen LogP contribution in [0, 0.1) is 0 Å². The standard InChI is InChI=1S/C24H27N11O/c1-14-21(15(2)35-24(33(14)3)30-31-32-35)23(36)27-17-4-5-19-18(13-17)22(29-28-19)16-6-7-26-20(12-16)34-10-8-25-9-11-34/h4-7,12-13,15,25H,8-11H2,1-3H3,(H,27,36)(H,28,29)/t15-/m1/s1. The number of benzene rings is 1. The smallest absolute Gasteiger partial charge is 0.255 e. The van der Waals surface area contributed by atoms with Gasteiger partial charge in [-0.15, -0.1) is 0 Å². The summed E-state index contributed by atoms with van der Waals surface area (Å²) in [5.74, 6) is 1.36. The maximum absolute atomic E-state index is 13.4. The number of allylic oxidation sites excluding steroid dienone is 1. The number of aromatic nitrogens is 7. The maximum atomic E-state index is 13.4. The Hall–Kier alpha value is -4.32. The zero-order valence-corrected chi connectivity index (χ0v) is 20.4. The molecule has 1 amide bonds. The zero-order chi connectivity index (χ0) is 24.8. The molecule has 6 rings (SSSR count). The SMILES string of the molecule is CC1=C(C(=O)Nc2ccc3[nH]nc(-c4ccnc(N5CCNCC5)c4)c3c2)[C@@H](C)n2nnnc2N1C. The summed E-state index contributed by atoms with van der Waals surface area (Å²) in [5.41, 5.74) is 4.79. The first-order chi connectivity index (χ1) is 17.5. The first-order valence-corrected chi connectivity index (χ1v) is 11.9.